The minimum Gasteiger partial charge on any atom is -0.363 e. The molecule has 106 valence electrons. The summed E-state index contributed by atoms with van der Waals surface area (Å²) in [7, 11) is 1.93. The lowest BCUT2D eigenvalue weighted by molar-refractivity contribution is -0.122. The third kappa shape index (κ3) is 4.56. The molecule has 1 unspecified atom stereocenters. The molecule has 0 radical (unpaired) electrons. The van der Waals surface area contributed by atoms with Crippen LogP contribution in [-0.4, -0.2) is 25.5 Å². The van der Waals surface area contributed by atoms with E-state index in [0.717, 1.165) is 11.3 Å². The summed E-state index contributed by atoms with van der Waals surface area (Å²) in [5.74, 6) is 0.511. The van der Waals surface area contributed by atoms with E-state index < -0.39 is 0 Å². The van der Waals surface area contributed by atoms with Gasteiger partial charge in [0.2, 0.25) is 5.91 Å². The van der Waals surface area contributed by atoms with Crippen molar-refractivity contribution >= 4 is 11.6 Å². The molecule has 0 aliphatic carbocycles. The molecule has 0 fully saturated rings. The maximum absolute atomic E-state index is 12.0. The van der Waals surface area contributed by atoms with Crippen LogP contribution < -0.4 is 16.0 Å². The summed E-state index contributed by atoms with van der Waals surface area (Å²) in [5.41, 5.74) is 7.72. The monoisotopic (exact) mass is 263 g/mol. The van der Waals surface area contributed by atoms with Gasteiger partial charge in [0.15, 0.2) is 0 Å². The Labute approximate surface area is 116 Å². The van der Waals surface area contributed by atoms with E-state index in [9.17, 15) is 4.79 Å². The molecular formula is C15H25N3O. The number of nitrogens with two attached hydrogens (primary N) is 1. The summed E-state index contributed by atoms with van der Waals surface area (Å²) < 4.78 is 0. The van der Waals surface area contributed by atoms with E-state index in [4.69, 9.17) is 5.73 Å². The molecule has 0 aliphatic heterocycles. The largest absolute Gasteiger partial charge is 0.363 e. The molecule has 1 rings (SSSR count). The quantitative estimate of drug-likeness (QED) is 0.822. The van der Waals surface area contributed by atoms with Crippen molar-refractivity contribution in [2.75, 3.05) is 18.5 Å². The van der Waals surface area contributed by atoms with Gasteiger partial charge in [-0.05, 0) is 30.5 Å². The van der Waals surface area contributed by atoms with Crippen molar-refractivity contribution in [1.29, 1.82) is 0 Å². The van der Waals surface area contributed by atoms with Gasteiger partial charge in [-0.3, -0.25) is 4.79 Å². The van der Waals surface area contributed by atoms with E-state index in [2.05, 4.69) is 19.2 Å². The Morgan fingerprint density at radius 2 is 2.05 bits per heavy atom. The summed E-state index contributed by atoms with van der Waals surface area (Å²) in [5, 5.41) is 2.96. The molecule has 4 nitrogen and oxygen atoms in total. The Balaban J connectivity index is 2.69. The van der Waals surface area contributed by atoms with Crippen LogP contribution in [0.25, 0.3) is 0 Å². The number of nitrogens with one attached hydrogen (secondary N) is 1. The summed E-state index contributed by atoms with van der Waals surface area (Å²) in [4.78, 5) is 14.0. The van der Waals surface area contributed by atoms with Crippen molar-refractivity contribution in [3.63, 3.8) is 0 Å². The van der Waals surface area contributed by atoms with Crippen molar-refractivity contribution in [1.82, 2.24) is 5.32 Å². The van der Waals surface area contributed by atoms with Crippen molar-refractivity contribution in [3.05, 3.63) is 29.8 Å². The van der Waals surface area contributed by atoms with E-state index in [0.29, 0.717) is 19.0 Å². The second kappa shape index (κ2) is 7.14. The summed E-state index contributed by atoms with van der Waals surface area (Å²) in [6.45, 7) is 7.29. The number of carbonyl (C=O) groups excluding carboxylic acids is 1. The number of rotatable bonds is 6. The van der Waals surface area contributed by atoms with Crippen LogP contribution in [0.1, 0.15) is 26.3 Å². The van der Waals surface area contributed by atoms with Crippen molar-refractivity contribution in [2.24, 2.45) is 11.7 Å². The minimum absolute atomic E-state index is 0.0503. The molecule has 0 aromatic heterocycles. The maximum Gasteiger partial charge on any atom is 0.242 e. The van der Waals surface area contributed by atoms with Gasteiger partial charge in [-0.25, -0.2) is 0 Å². The lowest BCUT2D eigenvalue weighted by atomic mass is 10.1. The van der Waals surface area contributed by atoms with Crippen LogP contribution in [0, 0.1) is 5.92 Å². The van der Waals surface area contributed by atoms with E-state index >= 15 is 0 Å². The number of likely N-dealkylation sites (N-methyl/N-ethyl adjacent to an activating group) is 1. The zero-order valence-electron chi connectivity index (χ0n) is 12.3. The Kier molecular flexibility index (Phi) is 5.83. The lowest BCUT2D eigenvalue weighted by Crippen LogP contribution is -2.44. The van der Waals surface area contributed by atoms with Crippen LogP contribution in [0.5, 0.6) is 0 Å². The third-order valence-electron chi connectivity index (χ3n) is 3.20. The second-order valence-electron chi connectivity index (χ2n) is 5.30. The fourth-order valence-corrected chi connectivity index (χ4v) is 1.75. The highest BCUT2D eigenvalue weighted by atomic mass is 16.2. The van der Waals surface area contributed by atoms with E-state index in [1.165, 1.54) is 0 Å². The van der Waals surface area contributed by atoms with Crippen LogP contribution in [0.3, 0.4) is 0 Å². The van der Waals surface area contributed by atoms with Gasteiger partial charge in [0, 0.05) is 25.8 Å². The average molecular weight is 263 g/mol. The van der Waals surface area contributed by atoms with Gasteiger partial charge < -0.3 is 16.0 Å². The number of hydrogen-bond donors (Lipinski definition) is 2. The zero-order valence-corrected chi connectivity index (χ0v) is 12.3. The summed E-state index contributed by atoms with van der Waals surface area (Å²) in [6, 6.07) is 7.76. The van der Waals surface area contributed by atoms with E-state index in [-0.39, 0.29) is 11.9 Å². The first-order valence-corrected chi connectivity index (χ1v) is 6.75. The first-order valence-electron chi connectivity index (χ1n) is 6.75. The first kappa shape index (κ1) is 15.5. The zero-order chi connectivity index (χ0) is 14.4. The van der Waals surface area contributed by atoms with Crippen molar-refractivity contribution in [2.45, 2.75) is 33.4 Å². The van der Waals surface area contributed by atoms with Gasteiger partial charge in [-0.2, -0.15) is 0 Å². The van der Waals surface area contributed by atoms with Crippen LogP contribution >= 0.6 is 0 Å². The molecular weight excluding hydrogens is 238 g/mol. The Morgan fingerprint density at radius 1 is 1.37 bits per heavy atom. The summed E-state index contributed by atoms with van der Waals surface area (Å²) in [6.07, 6.45) is 0. The number of hydrogen-bond acceptors (Lipinski definition) is 3. The van der Waals surface area contributed by atoms with Crippen molar-refractivity contribution < 1.29 is 4.79 Å². The van der Waals surface area contributed by atoms with Gasteiger partial charge in [0.1, 0.15) is 6.04 Å². The molecule has 0 saturated heterocycles. The predicted octanol–water partition coefficient (Wildman–Crippen LogP) is 1.74. The van der Waals surface area contributed by atoms with Gasteiger partial charge in [-0.1, -0.05) is 26.0 Å². The molecule has 0 aliphatic rings. The molecule has 0 heterocycles. The topological polar surface area (TPSA) is 58.4 Å². The SMILES string of the molecule is CC(C)CNC(=O)C(C)N(C)c1cccc(CN)c1. The molecule has 1 aromatic carbocycles. The molecule has 3 N–H and O–H groups in total. The second-order valence-corrected chi connectivity index (χ2v) is 5.30. The first-order chi connectivity index (χ1) is 8.95. The fourth-order valence-electron chi connectivity index (χ4n) is 1.75. The third-order valence-corrected chi connectivity index (χ3v) is 3.20. The number of nitrogens with zero attached hydrogens (tertiary/aromatic N) is 1. The number of amides is 1. The van der Waals surface area contributed by atoms with Crippen molar-refractivity contribution in [3.8, 4) is 0 Å². The van der Waals surface area contributed by atoms with Crippen LogP contribution in [0.2, 0.25) is 0 Å². The Morgan fingerprint density at radius 3 is 2.63 bits per heavy atom. The maximum atomic E-state index is 12.0. The van der Waals surface area contributed by atoms with Crippen LogP contribution in [-0.2, 0) is 11.3 Å². The number of carbonyl (C=O) groups is 1. The predicted molar refractivity (Wildman–Crippen MR) is 80.0 cm³/mol. The molecule has 1 amide bonds. The molecule has 1 aromatic rings. The number of benzene rings is 1. The lowest BCUT2D eigenvalue weighted by Gasteiger charge is -2.26. The Hall–Kier alpha value is -1.55. The van der Waals surface area contributed by atoms with Crippen LogP contribution in [0.15, 0.2) is 24.3 Å². The van der Waals surface area contributed by atoms with Gasteiger partial charge >= 0.3 is 0 Å². The normalized spacial score (nSPS) is 12.3. The molecule has 0 spiro atoms. The highest BCUT2D eigenvalue weighted by molar-refractivity contribution is 5.84. The van der Waals surface area contributed by atoms with Crippen LogP contribution in [0.4, 0.5) is 5.69 Å². The molecule has 19 heavy (non-hydrogen) atoms. The fraction of sp³-hybridized carbons (Fsp3) is 0.533. The van der Waals surface area contributed by atoms with E-state index in [1.807, 2.05) is 43.1 Å². The van der Waals surface area contributed by atoms with Gasteiger partial charge in [0.25, 0.3) is 0 Å². The average Bonchev–Trinajstić information content (AvgIpc) is 2.43. The minimum atomic E-state index is -0.202. The Bertz CT molecular complexity index is 418. The highest BCUT2D eigenvalue weighted by Crippen LogP contribution is 2.17. The number of anilines is 1. The molecule has 0 bridgehead atoms. The highest BCUT2D eigenvalue weighted by Gasteiger charge is 2.18. The standard InChI is InChI=1S/C15H25N3O/c1-11(2)10-17-15(19)12(3)18(4)14-7-5-6-13(8-14)9-16/h5-8,11-12H,9-10,16H2,1-4H3,(H,17,19). The molecule has 1 atom stereocenters. The van der Waals surface area contributed by atoms with E-state index in [1.54, 1.807) is 0 Å². The van der Waals surface area contributed by atoms with Gasteiger partial charge in [0.05, 0.1) is 0 Å². The summed E-state index contributed by atoms with van der Waals surface area (Å²) >= 11 is 0. The molecule has 0 saturated carbocycles. The van der Waals surface area contributed by atoms with Gasteiger partial charge in [-0.15, -0.1) is 0 Å². The molecule has 4 heteroatoms. The smallest absolute Gasteiger partial charge is 0.242 e.